The largest absolute Gasteiger partial charge is 0.465 e. The van der Waals surface area contributed by atoms with Crippen LogP contribution in [0.15, 0.2) is 0 Å². The summed E-state index contributed by atoms with van der Waals surface area (Å²) < 4.78 is 5.21. The average molecular weight is 238 g/mol. The summed E-state index contributed by atoms with van der Waals surface area (Å²) in [6.45, 7) is 8.35. The number of carbonyl (C=O) groups is 1. The highest BCUT2D eigenvalue weighted by Gasteiger charge is 2.36. The number of carbonyl (C=O) groups excluding carboxylic acids is 1. The van der Waals surface area contributed by atoms with Crippen molar-refractivity contribution in [1.29, 1.82) is 0 Å². The zero-order valence-electron chi connectivity index (χ0n) is 11.8. The fraction of sp³-hybridized carbons (Fsp3) is 0.800. The summed E-state index contributed by atoms with van der Waals surface area (Å²) in [6.07, 6.45) is 5.86. The van der Waals surface area contributed by atoms with E-state index in [-0.39, 0.29) is 5.97 Å². The first-order valence-electron chi connectivity index (χ1n) is 6.78. The van der Waals surface area contributed by atoms with Crippen LogP contribution in [0.25, 0.3) is 0 Å². The minimum absolute atomic E-state index is 0.128. The molecule has 0 fully saturated rings. The molecule has 0 rings (SSSR count). The van der Waals surface area contributed by atoms with Crippen molar-refractivity contribution >= 4 is 5.97 Å². The normalized spacial score (nSPS) is 10.6. The van der Waals surface area contributed by atoms with Crippen molar-refractivity contribution in [3.8, 4) is 11.8 Å². The van der Waals surface area contributed by atoms with Crippen LogP contribution in [0.1, 0.15) is 66.2 Å². The molecule has 0 N–H and O–H groups in total. The molecule has 0 aliphatic carbocycles. The monoisotopic (exact) mass is 238 g/mol. The fourth-order valence-corrected chi connectivity index (χ4v) is 1.97. The van der Waals surface area contributed by atoms with Crippen LogP contribution < -0.4 is 0 Å². The zero-order valence-corrected chi connectivity index (χ0v) is 11.8. The Bertz CT molecular complexity index is 262. The van der Waals surface area contributed by atoms with E-state index in [1.807, 2.05) is 6.92 Å². The molecule has 0 spiro atoms. The summed E-state index contributed by atoms with van der Waals surface area (Å²) in [5.74, 6) is 5.91. The van der Waals surface area contributed by atoms with Crippen LogP contribution in [-0.4, -0.2) is 12.6 Å². The second-order valence-corrected chi connectivity index (χ2v) is 4.38. The van der Waals surface area contributed by atoms with Crippen LogP contribution in [0, 0.1) is 17.3 Å². The molecule has 0 saturated carbocycles. The molecule has 0 unspecified atom stereocenters. The van der Waals surface area contributed by atoms with Gasteiger partial charge in [-0.25, -0.2) is 0 Å². The van der Waals surface area contributed by atoms with Crippen molar-refractivity contribution in [3.05, 3.63) is 0 Å². The van der Waals surface area contributed by atoms with Gasteiger partial charge in [-0.2, -0.15) is 0 Å². The predicted octanol–water partition coefficient (Wildman–Crippen LogP) is 3.94. The number of esters is 1. The van der Waals surface area contributed by atoms with Gasteiger partial charge in [-0.1, -0.05) is 45.5 Å². The van der Waals surface area contributed by atoms with Gasteiger partial charge in [0.05, 0.1) is 6.61 Å². The molecule has 0 aliphatic rings. The number of ether oxygens (including phenoxy) is 1. The molecule has 0 aromatic carbocycles. The van der Waals surface area contributed by atoms with Crippen LogP contribution in [0.2, 0.25) is 0 Å². The summed E-state index contributed by atoms with van der Waals surface area (Å²) in [5, 5.41) is 0. The Morgan fingerprint density at radius 1 is 1.12 bits per heavy atom. The van der Waals surface area contributed by atoms with Gasteiger partial charge in [-0.05, 0) is 26.7 Å². The minimum Gasteiger partial charge on any atom is -0.465 e. The van der Waals surface area contributed by atoms with E-state index in [2.05, 4.69) is 25.7 Å². The molecule has 2 heteroatoms. The standard InChI is InChI=1S/C15H26O2/c1-5-9-12-15(11-7-3,13-10-6-2)14(16)17-8-4/h5-6,8-10,12-13H2,1-4H3. The lowest BCUT2D eigenvalue weighted by atomic mass is 9.79. The first-order valence-corrected chi connectivity index (χ1v) is 6.78. The van der Waals surface area contributed by atoms with E-state index >= 15 is 0 Å². The zero-order chi connectivity index (χ0) is 13.1. The number of rotatable bonds is 8. The molecule has 0 atom stereocenters. The van der Waals surface area contributed by atoms with Gasteiger partial charge in [0.15, 0.2) is 0 Å². The molecule has 98 valence electrons. The fourth-order valence-electron chi connectivity index (χ4n) is 1.97. The first-order chi connectivity index (χ1) is 8.16. The second-order valence-electron chi connectivity index (χ2n) is 4.38. The van der Waals surface area contributed by atoms with E-state index in [0.29, 0.717) is 6.61 Å². The van der Waals surface area contributed by atoms with Crippen LogP contribution in [0.5, 0.6) is 0 Å². The summed E-state index contributed by atoms with van der Waals surface area (Å²) in [7, 11) is 0. The molecule has 0 aromatic heterocycles. The molecule has 0 radical (unpaired) electrons. The van der Waals surface area contributed by atoms with Gasteiger partial charge >= 0.3 is 5.97 Å². The molecule has 17 heavy (non-hydrogen) atoms. The van der Waals surface area contributed by atoms with Crippen LogP contribution in [0.4, 0.5) is 0 Å². The summed E-state index contributed by atoms with van der Waals surface area (Å²) in [6, 6.07) is 0. The first kappa shape index (κ1) is 16.0. The molecule has 0 amide bonds. The van der Waals surface area contributed by atoms with Crippen molar-refractivity contribution in [2.75, 3.05) is 6.61 Å². The predicted molar refractivity (Wildman–Crippen MR) is 71.6 cm³/mol. The van der Waals surface area contributed by atoms with E-state index in [1.165, 1.54) is 0 Å². The van der Waals surface area contributed by atoms with E-state index in [9.17, 15) is 4.79 Å². The van der Waals surface area contributed by atoms with Gasteiger partial charge in [0.1, 0.15) is 5.41 Å². The SMILES string of the molecule is CC#CC(CCCC)(CCCC)C(=O)OCC. The minimum atomic E-state index is -0.559. The summed E-state index contributed by atoms with van der Waals surface area (Å²) in [5.41, 5.74) is -0.559. The van der Waals surface area contributed by atoms with Gasteiger partial charge in [-0.3, -0.25) is 4.79 Å². The maximum atomic E-state index is 12.1. The lowest BCUT2D eigenvalue weighted by Gasteiger charge is -2.26. The Morgan fingerprint density at radius 3 is 2.00 bits per heavy atom. The van der Waals surface area contributed by atoms with Crippen LogP contribution in [-0.2, 0) is 9.53 Å². The molecule has 0 aliphatic heterocycles. The van der Waals surface area contributed by atoms with Crippen molar-refractivity contribution in [3.63, 3.8) is 0 Å². The Balaban J connectivity index is 4.90. The third kappa shape index (κ3) is 5.26. The lowest BCUT2D eigenvalue weighted by Crippen LogP contribution is -2.32. The van der Waals surface area contributed by atoms with Crippen LogP contribution >= 0.6 is 0 Å². The molecule has 0 aromatic rings. The molecular formula is C15H26O2. The molecule has 0 saturated heterocycles. The van der Waals surface area contributed by atoms with E-state index in [1.54, 1.807) is 6.92 Å². The number of unbranched alkanes of at least 4 members (excludes halogenated alkanes) is 2. The smallest absolute Gasteiger partial charge is 0.324 e. The highest BCUT2D eigenvalue weighted by Crippen LogP contribution is 2.32. The summed E-state index contributed by atoms with van der Waals surface area (Å²) in [4.78, 5) is 12.1. The van der Waals surface area contributed by atoms with Gasteiger partial charge in [0.25, 0.3) is 0 Å². The third-order valence-electron chi connectivity index (χ3n) is 2.94. The van der Waals surface area contributed by atoms with Crippen molar-refractivity contribution < 1.29 is 9.53 Å². The van der Waals surface area contributed by atoms with Crippen LogP contribution in [0.3, 0.4) is 0 Å². The average Bonchev–Trinajstić information content (AvgIpc) is 2.33. The molecule has 0 bridgehead atoms. The van der Waals surface area contributed by atoms with Gasteiger partial charge in [-0.15, -0.1) is 5.92 Å². The number of hydrogen-bond donors (Lipinski definition) is 0. The number of hydrogen-bond acceptors (Lipinski definition) is 2. The highest BCUT2D eigenvalue weighted by molar-refractivity contribution is 5.80. The van der Waals surface area contributed by atoms with Gasteiger partial charge < -0.3 is 4.74 Å². The van der Waals surface area contributed by atoms with Crippen molar-refractivity contribution in [1.82, 2.24) is 0 Å². The Morgan fingerprint density at radius 2 is 1.65 bits per heavy atom. The van der Waals surface area contributed by atoms with Gasteiger partial charge in [0.2, 0.25) is 0 Å². The maximum absolute atomic E-state index is 12.1. The quantitative estimate of drug-likeness (QED) is 0.473. The molecular weight excluding hydrogens is 212 g/mol. The Kier molecular flexibility index (Phi) is 8.58. The molecule has 0 heterocycles. The van der Waals surface area contributed by atoms with Crippen molar-refractivity contribution in [2.24, 2.45) is 5.41 Å². The Hall–Kier alpha value is -0.970. The maximum Gasteiger partial charge on any atom is 0.324 e. The van der Waals surface area contributed by atoms with Gasteiger partial charge in [0, 0.05) is 0 Å². The Labute approximate surface area is 106 Å². The second kappa shape index (κ2) is 9.10. The highest BCUT2D eigenvalue weighted by atomic mass is 16.5. The summed E-state index contributed by atoms with van der Waals surface area (Å²) >= 11 is 0. The van der Waals surface area contributed by atoms with Crippen molar-refractivity contribution in [2.45, 2.75) is 66.2 Å². The molecule has 2 nitrogen and oxygen atoms in total. The third-order valence-corrected chi connectivity index (χ3v) is 2.94. The van der Waals surface area contributed by atoms with E-state index in [0.717, 1.165) is 38.5 Å². The van der Waals surface area contributed by atoms with E-state index < -0.39 is 5.41 Å². The topological polar surface area (TPSA) is 26.3 Å². The lowest BCUT2D eigenvalue weighted by molar-refractivity contribution is -0.152. The van der Waals surface area contributed by atoms with E-state index in [4.69, 9.17) is 4.74 Å².